The Balaban J connectivity index is 1.67. The van der Waals surface area contributed by atoms with E-state index in [-0.39, 0.29) is 5.91 Å². The molecule has 20 heavy (non-hydrogen) atoms. The first-order valence-electron chi connectivity index (χ1n) is 7.42. The molecule has 3 atom stereocenters. The molecule has 2 bridgehead atoms. The SMILES string of the molecule is Cc1cc(Cl)c(C(=O)N(C)CC2CC3CCC2C3)cn1. The number of hydrogen-bond acceptors (Lipinski definition) is 2. The minimum atomic E-state index is -0.00901. The molecule has 0 aliphatic heterocycles. The molecule has 3 unspecified atom stereocenters. The standard InChI is InChI=1S/C16H21ClN2O/c1-10-5-15(17)14(8-18-10)16(20)19(2)9-13-7-11-3-4-12(13)6-11/h5,8,11-13H,3-4,6-7,9H2,1-2H3. The van der Waals surface area contributed by atoms with Gasteiger partial charge < -0.3 is 4.90 Å². The van der Waals surface area contributed by atoms with Crippen LogP contribution in [0.1, 0.15) is 41.7 Å². The summed E-state index contributed by atoms with van der Waals surface area (Å²) in [7, 11) is 1.88. The molecule has 1 amide bonds. The average Bonchev–Trinajstić information content (AvgIpc) is 3.00. The number of carbonyl (C=O) groups excluding carboxylic acids is 1. The summed E-state index contributed by atoms with van der Waals surface area (Å²) < 4.78 is 0. The van der Waals surface area contributed by atoms with Crippen LogP contribution < -0.4 is 0 Å². The number of fused-ring (bicyclic) bond motifs is 2. The Kier molecular flexibility index (Phi) is 3.72. The van der Waals surface area contributed by atoms with Gasteiger partial charge in [0.2, 0.25) is 0 Å². The zero-order valence-electron chi connectivity index (χ0n) is 12.1. The first kappa shape index (κ1) is 13.9. The van der Waals surface area contributed by atoms with Gasteiger partial charge in [0.1, 0.15) is 0 Å². The number of carbonyl (C=O) groups is 1. The Labute approximate surface area is 125 Å². The Hall–Kier alpha value is -1.09. The van der Waals surface area contributed by atoms with Gasteiger partial charge in [-0.3, -0.25) is 9.78 Å². The first-order chi connectivity index (χ1) is 9.54. The molecular weight excluding hydrogens is 272 g/mol. The highest BCUT2D eigenvalue weighted by molar-refractivity contribution is 6.33. The van der Waals surface area contributed by atoms with Crippen LogP contribution in [0.25, 0.3) is 0 Å². The lowest BCUT2D eigenvalue weighted by Gasteiger charge is -2.27. The second-order valence-corrected chi connectivity index (χ2v) is 6.83. The van der Waals surface area contributed by atoms with Crippen LogP contribution in [0, 0.1) is 24.7 Å². The predicted molar refractivity (Wildman–Crippen MR) is 79.9 cm³/mol. The van der Waals surface area contributed by atoms with E-state index < -0.39 is 0 Å². The van der Waals surface area contributed by atoms with Crippen molar-refractivity contribution in [3.8, 4) is 0 Å². The molecule has 108 valence electrons. The van der Waals surface area contributed by atoms with Gasteiger partial charge in [0, 0.05) is 25.5 Å². The van der Waals surface area contributed by atoms with E-state index in [1.807, 2.05) is 18.9 Å². The van der Waals surface area contributed by atoms with Gasteiger partial charge in [-0.15, -0.1) is 0 Å². The maximum absolute atomic E-state index is 12.5. The van der Waals surface area contributed by atoms with E-state index in [0.29, 0.717) is 16.5 Å². The van der Waals surface area contributed by atoms with Crippen LogP contribution >= 0.6 is 11.6 Å². The number of aromatic nitrogens is 1. The van der Waals surface area contributed by atoms with Crippen molar-refractivity contribution in [3.05, 3.63) is 28.5 Å². The summed E-state index contributed by atoms with van der Waals surface area (Å²) in [5, 5.41) is 0.502. The van der Waals surface area contributed by atoms with E-state index in [9.17, 15) is 4.79 Å². The summed E-state index contributed by atoms with van der Waals surface area (Å²) in [5.41, 5.74) is 1.35. The van der Waals surface area contributed by atoms with Crippen molar-refractivity contribution >= 4 is 17.5 Å². The highest BCUT2D eigenvalue weighted by Crippen LogP contribution is 2.48. The summed E-state index contributed by atoms with van der Waals surface area (Å²) in [6.45, 7) is 2.73. The number of amides is 1. The second-order valence-electron chi connectivity index (χ2n) is 6.43. The van der Waals surface area contributed by atoms with E-state index in [1.165, 1.54) is 25.7 Å². The second kappa shape index (κ2) is 5.36. The van der Waals surface area contributed by atoms with Gasteiger partial charge in [-0.25, -0.2) is 0 Å². The molecule has 4 heteroatoms. The topological polar surface area (TPSA) is 33.2 Å². The molecule has 0 radical (unpaired) electrons. The van der Waals surface area contributed by atoms with Crippen LogP contribution in [0.2, 0.25) is 5.02 Å². The van der Waals surface area contributed by atoms with E-state index in [1.54, 1.807) is 12.3 Å². The van der Waals surface area contributed by atoms with Gasteiger partial charge in [0.15, 0.2) is 0 Å². The first-order valence-corrected chi connectivity index (χ1v) is 7.80. The van der Waals surface area contributed by atoms with Gasteiger partial charge in [-0.2, -0.15) is 0 Å². The molecule has 0 saturated heterocycles. The van der Waals surface area contributed by atoms with Crippen molar-refractivity contribution in [3.63, 3.8) is 0 Å². The van der Waals surface area contributed by atoms with Gasteiger partial charge in [-0.05, 0) is 50.0 Å². The minimum absolute atomic E-state index is 0.00901. The number of pyridine rings is 1. The number of hydrogen-bond donors (Lipinski definition) is 0. The van der Waals surface area contributed by atoms with E-state index in [0.717, 1.165) is 24.1 Å². The van der Waals surface area contributed by atoms with Crippen molar-refractivity contribution in [2.45, 2.75) is 32.6 Å². The third-order valence-electron chi connectivity index (χ3n) is 4.96. The van der Waals surface area contributed by atoms with Crippen LogP contribution in [0.4, 0.5) is 0 Å². The fraction of sp³-hybridized carbons (Fsp3) is 0.625. The monoisotopic (exact) mass is 292 g/mol. The summed E-state index contributed by atoms with van der Waals surface area (Å²) in [6, 6.07) is 1.75. The molecule has 1 aromatic rings. The lowest BCUT2D eigenvalue weighted by molar-refractivity contribution is 0.0754. The molecule has 1 heterocycles. The van der Waals surface area contributed by atoms with E-state index in [4.69, 9.17) is 11.6 Å². The van der Waals surface area contributed by atoms with Crippen LogP contribution in [-0.2, 0) is 0 Å². The summed E-state index contributed by atoms with van der Waals surface area (Å²) in [4.78, 5) is 18.5. The Morgan fingerprint density at radius 1 is 1.45 bits per heavy atom. The molecule has 2 aliphatic rings. The van der Waals surface area contributed by atoms with Gasteiger partial charge in [-0.1, -0.05) is 18.0 Å². The van der Waals surface area contributed by atoms with Crippen molar-refractivity contribution in [1.29, 1.82) is 0 Å². The zero-order valence-corrected chi connectivity index (χ0v) is 12.9. The largest absolute Gasteiger partial charge is 0.341 e. The van der Waals surface area contributed by atoms with Crippen LogP contribution in [-0.4, -0.2) is 29.4 Å². The highest BCUT2D eigenvalue weighted by Gasteiger charge is 2.40. The van der Waals surface area contributed by atoms with Gasteiger partial charge >= 0.3 is 0 Å². The Bertz CT molecular complexity index is 531. The normalized spacial score (nSPS) is 27.9. The van der Waals surface area contributed by atoms with Gasteiger partial charge in [0.25, 0.3) is 5.91 Å². The maximum Gasteiger partial charge on any atom is 0.256 e. The lowest BCUT2D eigenvalue weighted by atomic mass is 9.88. The molecule has 0 aromatic carbocycles. The minimum Gasteiger partial charge on any atom is -0.341 e. The maximum atomic E-state index is 12.5. The van der Waals surface area contributed by atoms with Crippen LogP contribution in [0.3, 0.4) is 0 Å². The van der Waals surface area contributed by atoms with Crippen LogP contribution in [0.15, 0.2) is 12.3 Å². The summed E-state index contributed by atoms with van der Waals surface area (Å²) in [6.07, 6.45) is 7.01. The Morgan fingerprint density at radius 3 is 2.85 bits per heavy atom. The van der Waals surface area contributed by atoms with E-state index in [2.05, 4.69) is 4.98 Å². The molecule has 0 N–H and O–H groups in total. The van der Waals surface area contributed by atoms with Crippen LogP contribution in [0.5, 0.6) is 0 Å². The fourth-order valence-corrected chi connectivity index (χ4v) is 4.21. The number of nitrogens with zero attached hydrogens (tertiary/aromatic N) is 2. The number of aryl methyl sites for hydroxylation is 1. The summed E-state index contributed by atoms with van der Waals surface area (Å²) in [5.74, 6) is 2.42. The molecular formula is C16H21ClN2O. The number of rotatable bonds is 3. The average molecular weight is 293 g/mol. The van der Waals surface area contributed by atoms with Crippen molar-refractivity contribution in [2.75, 3.05) is 13.6 Å². The third kappa shape index (κ3) is 2.56. The van der Waals surface area contributed by atoms with Crippen molar-refractivity contribution < 1.29 is 4.79 Å². The van der Waals surface area contributed by atoms with Gasteiger partial charge in [0.05, 0.1) is 10.6 Å². The molecule has 3 rings (SSSR count). The molecule has 2 aliphatic carbocycles. The fourth-order valence-electron chi connectivity index (χ4n) is 3.92. The smallest absolute Gasteiger partial charge is 0.256 e. The highest BCUT2D eigenvalue weighted by atomic mass is 35.5. The lowest BCUT2D eigenvalue weighted by Crippen LogP contribution is -2.34. The number of halogens is 1. The molecule has 0 spiro atoms. The Morgan fingerprint density at radius 2 is 2.25 bits per heavy atom. The molecule has 2 fully saturated rings. The zero-order chi connectivity index (χ0) is 14.3. The molecule has 3 nitrogen and oxygen atoms in total. The van der Waals surface area contributed by atoms with E-state index >= 15 is 0 Å². The van der Waals surface area contributed by atoms with Crippen molar-refractivity contribution in [1.82, 2.24) is 9.88 Å². The molecule has 1 aromatic heterocycles. The summed E-state index contributed by atoms with van der Waals surface area (Å²) >= 11 is 6.16. The quantitative estimate of drug-likeness (QED) is 0.853. The third-order valence-corrected chi connectivity index (χ3v) is 5.27. The molecule has 2 saturated carbocycles. The predicted octanol–water partition coefficient (Wildman–Crippen LogP) is 3.55. The van der Waals surface area contributed by atoms with Crippen molar-refractivity contribution in [2.24, 2.45) is 17.8 Å².